The number of carbonyl (C=O) groups is 2. The van der Waals surface area contributed by atoms with Crippen molar-refractivity contribution in [3.63, 3.8) is 0 Å². The van der Waals surface area contributed by atoms with Crippen LogP contribution in [0.2, 0.25) is 0 Å². The van der Waals surface area contributed by atoms with Crippen molar-refractivity contribution in [2.24, 2.45) is 0 Å². The molecule has 7 nitrogen and oxygen atoms in total. The monoisotopic (exact) mass is 375 g/mol. The zero-order valence-electron chi connectivity index (χ0n) is 15.6. The maximum atomic E-state index is 12.6. The Balaban J connectivity index is 1.59. The van der Waals surface area contributed by atoms with Crippen molar-refractivity contribution in [2.75, 3.05) is 13.6 Å². The van der Waals surface area contributed by atoms with Crippen LogP contribution in [0.25, 0.3) is 0 Å². The van der Waals surface area contributed by atoms with Gasteiger partial charge in [-0.3, -0.25) is 19.6 Å². The number of hydrogen-bond donors (Lipinski definition) is 1. The van der Waals surface area contributed by atoms with Gasteiger partial charge in [-0.1, -0.05) is 12.1 Å². The molecule has 0 radical (unpaired) electrons. The minimum atomic E-state index is -0.335. The quantitative estimate of drug-likeness (QED) is 0.683. The third-order valence-electron chi connectivity index (χ3n) is 4.21. The van der Waals surface area contributed by atoms with E-state index in [0.29, 0.717) is 13.1 Å². The van der Waals surface area contributed by atoms with Crippen molar-refractivity contribution in [2.45, 2.75) is 13.0 Å². The number of hydrogen-bond acceptors (Lipinski definition) is 5. The van der Waals surface area contributed by atoms with Crippen LogP contribution < -0.4 is 5.32 Å². The Kier molecular flexibility index (Phi) is 6.41. The van der Waals surface area contributed by atoms with Gasteiger partial charge in [0.1, 0.15) is 11.4 Å². The van der Waals surface area contributed by atoms with E-state index in [2.05, 4.69) is 20.3 Å². The lowest BCUT2D eigenvalue weighted by Gasteiger charge is -2.17. The molecule has 0 fully saturated rings. The minimum absolute atomic E-state index is 0.206. The maximum Gasteiger partial charge on any atom is 0.272 e. The number of pyridine rings is 3. The molecule has 3 rings (SSSR count). The maximum absolute atomic E-state index is 12.6. The van der Waals surface area contributed by atoms with Crippen LogP contribution in [0.1, 0.15) is 32.1 Å². The van der Waals surface area contributed by atoms with Crippen molar-refractivity contribution in [3.05, 3.63) is 89.8 Å². The van der Waals surface area contributed by atoms with E-state index in [-0.39, 0.29) is 23.2 Å². The molecule has 3 aromatic rings. The number of nitrogens with one attached hydrogen (secondary N) is 1. The summed E-state index contributed by atoms with van der Waals surface area (Å²) in [5, 5.41) is 2.79. The topological polar surface area (TPSA) is 88.1 Å². The summed E-state index contributed by atoms with van der Waals surface area (Å²) in [5.74, 6) is -0.561. The van der Waals surface area contributed by atoms with E-state index in [9.17, 15) is 9.59 Å². The fraction of sp³-hybridized carbons (Fsp3) is 0.190. The third kappa shape index (κ3) is 5.20. The Bertz CT molecular complexity index is 932. The highest BCUT2D eigenvalue weighted by Crippen LogP contribution is 2.06. The molecule has 0 unspecified atom stereocenters. The lowest BCUT2D eigenvalue weighted by Crippen LogP contribution is -2.30. The van der Waals surface area contributed by atoms with E-state index in [1.807, 2.05) is 18.2 Å². The summed E-state index contributed by atoms with van der Waals surface area (Å²) >= 11 is 0. The molecule has 0 saturated carbocycles. The summed E-state index contributed by atoms with van der Waals surface area (Å²) in [4.78, 5) is 38.8. The van der Waals surface area contributed by atoms with Gasteiger partial charge in [-0.2, -0.15) is 0 Å². The fourth-order valence-corrected chi connectivity index (χ4v) is 2.60. The number of carbonyl (C=O) groups excluding carboxylic acids is 2. The average Bonchev–Trinajstić information content (AvgIpc) is 2.76. The molecule has 0 atom stereocenters. The average molecular weight is 375 g/mol. The second kappa shape index (κ2) is 9.36. The van der Waals surface area contributed by atoms with Crippen molar-refractivity contribution < 1.29 is 9.59 Å². The first-order valence-electron chi connectivity index (χ1n) is 8.92. The highest BCUT2D eigenvalue weighted by atomic mass is 16.2. The molecule has 3 heterocycles. The second-order valence-electron chi connectivity index (χ2n) is 6.28. The van der Waals surface area contributed by atoms with Crippen molar-refractivity contribution in [1.82, 2.24) is 25.2 Å². The predicted molar refractivity (Wildman–Crippen MR) is 105 cm³/mol. The zero-order valence-corrected chi connectivity index (χ0v) is 15.6. The highest BCUT2D eigenvalue weighted by molar-refractivity contribution is 5.96. The number of amides is 2. The van der Waals surface area contributed by atoms with Crippen LogP contribution in [0.5, 0.6) is 0 Å². The highest BCUT2D eigenvalue weighted by Gasteiger charge is 2.16. The van der Waals surface area contributed by atoms with Gasteiger partial charge in [0.2, 0.25) is 0 Å². The molecule has 0 aliphatic heterocycles. The molecular weight excluding hydrogens is 354 g/mol. The number of likely N-dealkylation sites (N-methyl/N-ethyl adjacent to an activating group) is 1. The molecular formula is C21H21N5O2. The van der Waals surface area contributed by atoms with E-state index in [1.54, 1.807) is 61.0 Å². The predicted octanol–water partition coefficient (Wildman–Crippen LogP) is 2.12. The molecule has 0 aromatic carbocycles. The van der Waals surface area contributed by atoms with E-state index in [1.165, 1.54) is 0 Å². The molecule has 28 heavy (non-hydrogen) atoms. The summed E-state index contributed by atoms with van der Waals surface area (Å²) in [7, 11) is 1.72. The normalized spacial score (nSPS) is 10.3. The molecule has 142 valence electrons. The van der Waals surface area contributed by atoms with Gasteiger partial charge in [-0.25, -0.2) is 4.98 Å². The lowest BCUT2D eigenvalue weighted by atomic mass is 10.2. The zero-order chi connectivity index (χ0) is 19.8. The Morgan fingerprint density at radius 3 is 2.46 bits per heavy atom. The standard InChI is InChI=1S/C21H21N5O2/c1-26(13-9-16-7-11-22-12-8-16)21(28)19-6-2-5-18(25-19)20(27)24-15-17-4-3-10-23-14-17/h2-8,10-12,14H,9,13,15H2,1H3,(H,24,27). The van der Waals surface area contributed by atoms with Crippen molar-refractivity contribution >= 4 is 11.8 Å². The Hall–Kier alpha value is -3.61. The number of rotatable bonds is 7. The number of nitrogens with zero attached hydrogens (tertiary/aromatic N) is 4. The number of aromatic nitrogens is 3. The van der Waals surface area contributed by atoms with Gasteiger partial charge < -0.3 is 10.2 Å². The SMILES string of the molecule is CN(CCc1ccncc1)C(=O)c1cccc(C(=O)NCc2cccnc2)n1. The first-order valence-corrected chi connectivity index (χ1v) is 8.92. The van der Waals surface area contributed by atoms with Crippen LogP contribution in [-0.2, 0) is 13.0 Å². The van der Waals surface area contributed by atoms with Crippen molar-refractivity contribution in [1.29, 1.82) is 0 Å². The molecule has 3 aromatic heterocycles. The molecule has 0 saturated heterocycles. The Labute approximate surface area is 163 Å². The van der Waals surface area contributed by atoms with Gasteiger partial charge in [0, 0.05) is 44.9 Å². The fourth-order valence-electron chi connectivity index (χ4n) is 2.60. The van der Waals surface area contributed by atoms with Crippen molar-refractivity contribution in [3.8, 4) is 0 Å². The minimum Gasteiger partial charge on any atom is -0.347 e. The Morgan fingerprint density at radius 1 is 0.929 bits per heavy atom. The van der Waals surface area contributed by atoms with E-state index in [0.717, 1.165) is 17.5 Å². The van der Waals surface area contributed by atoms with E-state index < -0.39 is 0 Å². The molecule has 0 bridgehead atoms. The first kappa shape index (κ1) is 19.2. The summed E-state index contributed by atoms with van der Waals surface area (Å²) in [6.07, 6.45) is 7.53. The van der Waals surface area contributed by atoms with E-state index in [4.69, 9.17) is 0 Å². The third-order valence-corrected chi connectivity index (χ3v) is 4.21. The molecule has 0 spiro atoms. The van der Waals surface area contributed by atoms with Crippen LogP contribution in [0, 0.1) is 0 Å². The summed E-state index contributed by atoms with van der Waals surface area (Å²) < 4.78 is 0. The van der Waals surface area contributed by atoms with Gasteiger partial charge >= 0.3 is 0 Å². The Morgan fingerprint density at radius 2 is 1.71 bits per heavy atom. The summed E-state index contributed by atoms with van der Waals surface area (Å²) in [6, 6.07) is 12.4. The van der Waals surface area contributed by atoms with Crippen LogP contribution in [-0.4, -0.2) is 45.3 Å². The van der Waals surface area contributed by atoms with Gasteiger partial charge in [-0.05, 0) is 47.9 Å². The van der Waals surface area contributed by atoms with Gasteiger partial charge in [0.15, 0.2) is 0 Å². The van der Waals surface area contributed by atoms with E-state index >= 15 is 0 Å². The van der Waals surface area contributed by atoms with Gasteiger partial charge in [0.05, 0.1) is 0 Å². The molecule has 2 amide bonds. The van der Waals surface area contributed by atoms with Crippen LogP contribution in [0.15, 0.2) is 67.3 Å². The molecule has 0 aliphatic rings. The second-order valence-corrected chi connectivity index (χ2v) is 6.28. The molecule has 7 heteroatoms. The van der Waals surface area contributed by atoms with Crippen LogP contribution in [0.3, 0.4) is 0 Å². The van der Waals surface area contributed by atoms with Crippen LogP contribution in [0.4, 0.5) is 0 Å². The van der Waals surface area contributed by atoms with Gasteiger partial charge in [-0.15, -0.1) is 0 Å². The largest absolute Gasteiger partial charge is 0.347 e. The van der Waals surface area contributed by atoms with Gasteiger partial charge in [0.25, 0.3) is 11.8 Å². The smallest absolute Gasteiger partial charge is 0.272 e. The lowest BCUT2D eigenvalue weighted by molar-refractivity contribution is 0.0790. The van der Waals surface area contributed by atoms with Crippen LogP contribution >= 0.6 is 0 Å². The summed E-state index contributed by atoms with van der Waals surface area (Å²) in [5.41, 5.74) is 2.44. The first-order chi connectivity index (χ1) is 13.6. The molecule has 1 N–H and O–H groups in total. The summed E-state index contributed by atoms with van der Waals surface area (Å²) in [6.45, 7) is 0.889. The molecule has 0 aliphatic carbocycles.